The van der Waals surface area contributed by atoms with Gasteiger partial charge in [-0.1, -0.05) is 32.1 Å². The molecule has 0 bridgehead atoms. The van der Waals surface area contributed by atoms with Crippen LogP contribution in [0.15, 0.2) is 23.9 Å². The molecule has 1 aliphatic rings. The third-order valence-electron chi connectivity index (χ3n) is 2.81. The van der Waals surface area contributed by atoms with E-state index in [2.05, 4.69) is 45.7 Å². The third-order valence-corrected chi connectivity index (χ3v) is 2.81. The predicted molar refractivity (Wildman–Crippen MR) is 69.9 cm³/mol. The van der Waals surface area contributed by atoms with E-state index < -0.39 is 0 Å². The molecule has 0 aromatic rings. The molecule has 1 nitrogen and oxygen atoms in total. The molecule has 1 atom stereocenters. The van der Waals surface area contributed by atoms with Crippen LogP contribution in [-0.2, 0) is 0 Å². The summed E-state index contributed by atoms with van der Waals surface area (Å²) in [5.41, 5.74) is 2.92. The number of allylic oxidation sites excluding steroid dienone is 3. The highest BCUT2D eigenvalue weighted by Gasteiger charge is 2.32. The molecule has 1 fully saturated rings. The Hall–Kier alpha value is -0.720. The largest absolute Gasteiger partial charge is 0.384 e. The fourth-order valence-corrected chi connectivity index (χ4v) is 2.03. The summed E-state index contributed by atoms with van der Waals surface area (Å²) in [4.78, 5) is 0. The van der Waals surface area contributed by atoms with Crippen molar-refractivity contribution in [3.05, 3.63) is 23.9 Å². The first-order chi connectivity index (χ1) is 6.94. The van der Waals surface area contributed by atoms with Crippen LogP contribution < -0.4 is 5.32 Å². The standard InChI is InChI=1S/C12H21N.C2H6/c1-6-9(2)7-11-8-12(4,5)13-10(11)3;1-2/h6,11,13H,3,7-8H2,1-2,4-5H3;1-2H3/b9-6+;. The van der Waals surface area contributed by atoms with Gasteiger partial charge in [-0.2, -0.15) is 0 Å². The molecule has 0 spiro atoms. The maximum atomic E-state index is 4.08. The predicted octanol–water partition coefficient (Wildman–Crippen LogP) is 4.27. The van der Waals surface area contributed by atoms with Crippen molar-refractivity contribution < 1.29 is 0 Å². The highest BCUT2D eigenvalue weighted by molar-refractivity contribution is 5.15. The molecule has 0 aromatic heterocycles. The number of hydrogen-bond donors (Lipinski definition) is 1. The van der Waals surface area contributed by atoms with Crippen molar-refractivity contribution in [2.24, 2.45) is 5.92 Å². The minimum atomic E-state index is 0.246. The summed E-state index contributed by atoms with van der Waals surface area (Å²) < 4.78 is 0. The summed E-state index contributed by atoms with van der Waals surface area (Å²) >= 11 is 0. The lowest BCUT2D eigenvalue weighted by molar-refractivity contribution is 0.441. The first-order valence-electron chi connectivity index (χ1n) is 6.03. The Balaban J connectivity index is 0.000000921. The van der Waals surface area contributed by atoms with Gasteiger partial charge in [0.15, 0.2) is 0 Å². The van der Waals surface area contributed by atoms with E-state index in [4.69, 9.17) is 0 Å². The Morgan fingerprint density at radius 3 is 2.40 bits per heavy atom. The van der Waals surface area contributed by atoms with Gasteiger partial charge in [-0.05, 0) is 40.5 Å². The van der Waals surface area contributed by atoms with Crippen molar-refractivity contribution in [1.82, 2.24) is 5.32 Å². The number of hydrogen-bond acceptors (Lipinski definition) is 1. The van der Waals surface area contributed by atoms with Crippen LogP contribution in [-0.4, -0.2) is 5.54 Å². The molecule has 1 saturated heterocycles. The zero-order chi connectivity index (χ0) is 12.1. The fraction of sp³-hybridized carbons (Fsp3) is 0.714. The van der Waals surface area contributed by atoms with Gasteiger partial charge in [0.1, 0.15) is 0 Å². The molecule has 0 aromatic carbocycles. The first kappa shape index (κ1) is 14.3. The van der Waals surface area contributed by atoms with Gasteiger partial charge in [-0.3, -0.25) is 0 Å². The molecule has 1 heterocycles. The van der Waals surface area contributed by atoms with Gasteiger partial charge in [0.05, 0.1) is 0 Å². The molecule has 1 unspecified atom stereocenters. The van der Waals surface area contributed by atoms with E-state index in [1.807, 2.05) is 13.8 Å². The van der Waals surface area contributed by atoms with Crippen LogP contribution in [0.3, 0.4) is 0 Å². The van der Waals surface area contributed by atoms with Crippen molar-refractivity contribution in [2.75, 3.05) is 0 Å². The lowest BCUT2D eigenvalue weighted by Crippen LogP contribution is -2.30. The molecule has 0 amide bonds. The van der Waals surface area contributed by atoms with Crippen LogP contribution >= 0.6 is 0 Å². The van der Waals surface area contributed by atoms with Gasteiger partial charge in [-0.15, -0.1) is 0 Å². The zero-order valence-electron chi connectivity index (χ0n) is 11.3. The Morgan fingerprint density at radius 2 is 2.07 bits per heavy atom. The summed E-state index contributed by atoms with van der Waals surface area (Å²) in [5.74, 6) is 0.631. The lowest BCUT2D eigenvalue weighted by atomic mass is 9.91. The monoisotopic (exact) mass is 209 g/mol. The third kappa shape index (κ3) is 4.55. The van der Waals surface area contributed by atoms with E-state index in [-0.39, 0.29) is 5.54 Å². The average Bonchev–Trinajstić information content (AvgIpc) is 2.43. The van der Waals surface area contributed by atoms with Gasteiger partial charge >= 0.3 is 0 Å². The Bertz CT molecular complexity index is 236. The molecule has 1 heteroatoms. The minimum absolute atomic E-state index is 0.246. The molecule has 1 aliphatic heterocycles. The van der Waals surface area contributed by atoms with Crippen LogP contribution in [0.4, 0.5) is 0 Å². The maximum absolute atomic E-state index is 4.08. The summed E-state index contributed by atoms with van der Waals surface area (Å²) in [6.07, 6.45) is 4.56. The Kier molecular flexibility index (Phi) is 5.71. The normalized spacial score (nSPS) is 24.3. The van der Waals surface area contributed by atoms with Gasteiger partial charge in [0.2, 0.25) is 0 Å². The highest BCUT2D eigenvalue weighted by Crippen LogP contribution is 2.33. The van der Waals surface area contributed by atoms with Gasteiger partial charge in [0, 0.05) is 17.2 Å². The minimum Gasteiger partial charge on any atom is -0.384 e. The number of nitrogens with one attached hydrogen (secondary N) is 1. The van der Waals surface area contributed by atoms with E-state index in [1.54, 1.807) is 0 Å². The molecule has 0 saturated carbocycles. The van der Waals surface area contributed by atoms with E-state index in [0.29, 0.717) is 5.92 Å². The van der Waals surface area contributed by atoms with E-state index in [1.165, 1.54) is 17.7 Å². The molecule has 1 N–H and O–H groups in total. The Labute approximate surface area is 95.7 Å². The molecular weight excluding hydrogens is 182 g/mol. The molecule has 0 aliphatic carbocycles. The van der Waals surface area contributed by atoms with Crippen molar-refractivity contribution in [3.8, 4) is 0 Å². The van der Waals surface area contributed by atoms with E-state index >= 15 is 0 Å². The molecule has 88 valence electrons. The summed E-state index contributed by atoms with van der Waals surface area (Å²) in [7, 11) is 0. The van der Waals surface area contributed by atoms with Crippen molar-refractivity contribution in [3.63, 3.8) is 0 Å². The maximum Gasteiger partial charge on any atom is 0.0321 e. The second-order valence-electron chi connectivity index (χ2n) is 4.77. The summed E-state index contributed by atoms with van der Waals surface area (Å²) in [6.45, 7) is 16.9. The SMILES string of the molecule is C=C1NC(C)(C)CC1C/C(C)=C/C.CC. The average molecular weight is 209 g/mol. The van der Waals surface area contributed by atoms with Crippen LogP contribution in [0.5, 0.6) is 0 Å². The van der Waals surface area contributed by atoms with Crippen LogP contribution in [0.2, 0.25) is 0 Å². The van der Waals surface area contributed by atoms with Crippen LogP contribution in [0, 0.1) is 5.92 Å². The Morgan fingerprint density at radius 1 is 1.53 bits per heavy atom. The molecular formula is C14H27N. The summed E-state index contributed by atoms with van der Waals surface area (Å²) in [5, 5.41) is 3.45. The van der Waals surface area contributed by atoms with Crippen LogP contribution in [0.25, 0.3) is 0 Å². The topological polar surface area (TPSA) is 12.0 Å². The van der Waals surface area contributed by atoms with Gasteiger partial charge in [0.25, 0.3) is 0 Å². The first-order valence-corrected chi connectivity index (χ1v) is 6.03. The second kappa shape index (κ2) is 5.99. The van der Waals surface area contributed by atoms with Gasteiger partial charge in [-0.25, -0.2) is 0 Å². The van der Waals surface area contributed by atoms with Crippen LogP contribution in [0.1, 0.15) is 54.4 Å². The lowest BCUT2D eigenvalue weighted by Gasteiger charge is -2.17. The van der Waals surface area contributed by atoms with E-state index in [9.17, 15) is 0 Å². The second-order valence-corrected chi connectivity index (χ2v) is 4.77. The zero-order valence-corrected chi connectivity index (χ0v) is 11.3. The summed E-state index contributed by atoms with van der Waals surface area (Å²) in [6, 6.07) is 0. The van der Waals surface area contributed by atoms with Gasteiger partial charge < -0.3 is 5.32 Å². The quantitative estimate of drug-likeness (QED) is 0.670. The van der Waals surface area contributed by atoms with Crippen molar-refractivity contribution in [2.45, 2.75) is 59.9 Å². The molecule has 15 heavy (non-hydrogen) atoms. The number of rotatable bonds is 2. The van der Waals surface area contributed by atoms with Crippen molar-refractivity contribution >= 4 is 0 Å². The highest BCUT2D eigenvalue weighted by atomic mass is 15.0. The molecule has 0 radical (unpaired) electrons. The molecule has 1 rings (SSSR count). The smallest absolute Gasteiger partial charge is 0.0321 e. The van der Waals surface area contributed by atoms with E-state index in [0.717, 1.165) is 6.42 Å². The van der Waals surface area contributed by atoms with Crippen molar-refractivity contribution in [1.29, 1.82) is 0 Å². The fourth-order valence-electron chi connectivity index (χ4n) is 2.03.